The first-order valence-electron chi connectivity index (χ1n) is 8.18. The van der Waals surface area contributed by atoms with Crippen LogP contribution >= 0.6 is 11.8 Å². The minimum Gasteiger partial charge on any atom is -0.504 e. The Labute approximate surface area is 156 Å². The van der Waals surface area contributed by atoms with Crippen LogP contribution in [0.15, 0.2) is 23.1 Å². The van der Waals surface area contributed by atoms with Crippen LogP contribution in [0.2, 0.25) is 0 Å². The number of aromatic hydroxyl groups is 1. The minimum atomic E-state index is -0.620. The van der Waals surface area contributed by atoms with Gasteiger partial charge in [0.25, 0.3) is 11.1 Å². The van der Waals surface area contributed by atoms with Crippen molar-refractivity contribution in [1.82, 2.24) is 4.90 Å². The van der Waals surface area contributed by atoms with Crippen LogP contribution in [0.1, 0.15) is 26.3 Å². The molecule has 1 heterocycles. The average Bonchev–Trinajstić information content (AvgIpc) is 2.84. The molecule has 8 heteroatoms. The van der Waals surface area contributed by atoms with E-state index in [2.05, 4.69) is 0 Å². The van der Waals surface area contributed by atoms with Gasteiger partial charge in [-0.3, -0.25) is 19.3 Å². The zero-order valence-electron chi connectivity index (χ0n) is 14.9. The fraction of sp³-hybridized carbons (Fsp3) is 0.389. The van der Waals surface area contributed by atoms with Crippen molar-refractivity contribution in [1.29, 1.82) is 0 Å². The Bertz CT molecular complexity index is 743. The highest BCUT2D eigenvalue weighted by Crippen LogP contribution is 2.34. The topological polar surface area (TPSA) is 93.1 Å². The van der Waals surface area contributed by atoms with Gasteiger partial charge in [-0.2, -0.15) is 0 Å². The number of thioether (sulfide) groups is 1. The Morgan fingerprint density at radius 2 is 2.08 bits per heavy atom. The summed E-state index contributed by atoms with van der Waals surface area (Å²) in [6, 6.07) is 4.62. The number of benzene rings is 1. The van der Waals surface area contributed by atoms with E-state index in [-0.39, 0.29) is 28.9 Å². The molecule has 140 valence electrons. The Morgan fingerprint density at radius 3 is 2.73 bits per heavy atom. The standard InChI is InChI=1S/C18H21NO6S/c1-4-24-14-7-12(5-6-13(14)20)8-15-17(22)19(18(23)26-15)9-16(21)25-10-11(2)3/h5-8,11,20H,4,9-10H2,1-3H3/b15-8+. The van der Waals surface area contributed by atoms with Gasteiger partial charge in [0.05, 0.1) is 18.1 Å². The van der Waals surface area contributed by atoms with E-state index in [1.807, 2.05) is 13.8 Å². The Hall–Kier alpha value is -2.48. The molecule has 0 atom stereocenters. The zero-order chi connectivity index (χ0) is 19.3. The molecule has 26 heavy (non-hydrogen) atoms. The molecule has 1 aliphatic heterocycles. The molecule has 0 bridgehead atoms. The lowest BCUT2D eigenvalue weighted by Crippen LogP contribution is -2.34. The second kappa shape index (κ2) is 8.75. The Balaban J connectivity index is 2.11. The van der Waals surface area contributed by atoms with Crippen LogP contribution in [0.3, 0.4) is 0 Å². The molecule has 1 aliphatic rings. The van der Waals surface area contributed by atoms with Gasteiger partial charge in [0.2, 0.25) is 0 Å². The lowest BCUT2D eigenvalue weighted by molar-refractivity contribution is -0.147. The van der Waals surface area contributed by atoms with E-state index in [4.69, 9.17) is 9.47 Å². The van der Waals surface area contributed by atoms with E-state index in [0.717, 1.165) is 16.7 Å². The van der Waals surface area contributed by atoms with Crippen LogP contribution in [0.5, 0.6) is 11.5 Å². The van der Waals surface area contributed by atoms with Crippen molar-refractivity contribution in [2.45, 2.75) is 20.8 Å². The Morgan fingerprint density at radius 1 is 1.35 bits per heavy atom. The molecule has 1 aromatic rings. The van der Waals surface area contributed by atoms with Crippen LogP contribution < -0.4 is 4.74 Å². The lowest BCUT2D eigenvalue weighted by atomic mass is 10.2. The van der Waals surface area contributed by atoms with Gasteiger partial charge in [0.1, 0.15) is 6.54 Å². The number of nitrogens with zero attached hydrogens (tertiary/aromatic N) is 1. The van der Waals surface area contributed by atoms with Gasteiger partial charge in [-0.15, -0.1) is 0 Å². The van der Waals surface area contributed by atoms with Crippen LogP contribution in [0, 0.1) is 5.92 Å². The fourth-order valence-corrected chi connectivity index (χ4v) is 2.95. The van der Waals surface area contributed by atoms with E-state index < -0.39 is 23.7 Å². The summed E-state index contributed by atoms with van der Waals surface area (Å²) in [5.74, 6) is -0.719. The first-order valence-corrected chi connectivity index (χ1v) is 9.00. The maximum Gasteiger partial charge on any atom is 0.326 e. The van der Waals surface area contributed by atoms with Crippen molar-refractivity contribution in [3.05, 3.63) is 28.7 Å². The maximum absolute atomic E-state index is 12.4. The highest BCUT2D eigenvalue weighted by molar-refractivity contribution is 8.18. The number of amides is 2. The number of phenolic OH excluding ortho intramolecular Hbond substituents is 1. The highest BCUT2D eigenvalue weighted by atomic mass is 32.2. The van der Waals surface area contributed by atoms with Crippen LogP contribution in [0.25, 0.3) is 6.08 Å². The minimum absolute atomic E-state index is 0.00926. The number of imide groups is 1. The third-order valence-electron chi connectivity index (χ3n) is 3.32. The fourth-order valence-electron chi connectivity index (χ4n) is 2.11. The summed E-state index contributed by atoms with van der Waals surface area (Å²) >= 11 is 0.754. The molecule has 7 nitrogen and oxygen atoms in total. The molecular weight excluding hydrogens is 358 g/mol. The Kier molecular flexibility index (Phi) is 6.68. The zero-order valence-corrected chi connectivity index (χ0v) is 15.7. The summed E-state index contributed by atoms with van der Waals surface area (Å²) in [7, 11) is 0. The van der Waals surface area contributed by atoms with E-state index in [1.165, 1.54) is 12.1 Å². The molecule has 1 saturated heterocycles. The summed E-state index contributed by atoms with van der Waals surface area (Å²) in [6.45, 7) is 5.78. The molecule has 2 rings (SSSR count). The molecular formula is C18H21NO6S. The monoisotopic (exact) mass is 379 g/mol. The van der Waals surface area contributed by atoms with Crippen molar-refractivity contribution in [2.24, 2.45) is 5.92 Å². The molecule has 0 aliphatic carbocycles. The number of rotatable bonds is 7. The number of hydrogen-bond donors (Lipinski definition) is 1. The van der Waals surface area contributed by atoms with Crippen molar-refractivity contribution < 1.29 is 29.0 Å². The van der Waals surface area contributed by atoms with E-state index in [9.17, 15) is 19.5 Å². The molecule has 2 amide bonds. The van der Waals surface area contributed by atoms with Gasteiger partial charge in [0.15, 0.2) is 11.5 Å². The van der Waals surface area contributed by atoms with E-state index >= 15 is 0 Å². The van der Waals surface area contributed by atoms with Gasteiger partial charge in [-0.25, -0.2) is 0 Å². The molecule has 1 fully saturated rings. The van der Waals surface area contributed by atoms with Crippen LogP contribution in [-0.4, -0.2) is 46.9 Å². The van der Waals surface area contributed by atoms with Crippen molar-refractivity contribution in [3.63, 3.8) is 0 Å². The van der Waals surface area contributed by atoms with Gasteiger partial charge in [-0.05, 0) is 48.4 Å². The van der Waals surface area contributed by atoms with Crippen LogP contribution in [-0.2, 0) is 14.3 Å². The first kappa shape index (κ1) is 19.8. The molecule has 0 unspecified atom stereocenters. The van der Waals surface area contributed by atoms with E-state index in [0.29, 0.717) is 12.2 Å². The van der Waals surface area contributed by atoms with Crippen LogP contribution in [0.4, 0.5) is 4.79 Å². The second-order valence-electron chi connectivity index (χ2n) is 6.00. The van der Waals surface area contributed by atoms with E-state index in [1.54, 1.807) is 19.1 Å². The smallest absolute Gasteiger partial charge is 0.326 e. The number of carbonyl (C=O) groups is 3. The normalized spacial score (nSPS) is 15.8. The molecule has 0 aromatic heterocycles. The number of ether oxygens (including phenoxy) is 2. The maximum atomic E-state index is 12.4. The summed E-state index contributed by atoms with van der Waals surface area (Å²) < 4.78 is 10.3. The van der Waals surface area contributed by atoms with Crippen molar-refractivity contribution >= 4 is 35.0 Å². The molecule has 1 N–H and O–H groups in total. The number of esters is 1. The molecule has 1 aromatic carbocycles. The van der Waals surface area contributed by atoms with Gasteiger partial charge < -0.3 is 14.6 Å². The quantitative estimate of drug-likeness (QED) is 0.575. The summed E-state index contributed by atoms with van der Waals surface area (Å²) in [5.41, 5.74) is 0.596. The predicted molar refractivity (Wildman–Crippen MR) is 97.7 cm³/mol. The average molecular weight is 379 g/mol. The molecule has 0 spiro atoms. The number of carbonyl (C=O) groups excluding carboxylic acids is 3. The third-order valence-corrected chi connectivity index (χ3v) is 4.23. The third kappa shape index (κ3) is 5.01. The molecule has 0 radical (unpaired) electrons. The summed E-state index contributed by atoms with van der Waals surface area (Å²) in [4.78, 5) is 37.3. The number of phenols is 1. The second-order valence-corrected chi connectivity index (χ2v) is 7.00. The van der Waals surface area contributed by atoms with Gasteiger partial charge >= 0.3 is 5.97 Å². The first-order chi connectivity index (χ1) is 12.3. The largest absolute Gasteiger partial charge is 0.504 e. The molecule has 0 saturated carbocycles. The highest BCUT2D eigenvalue weighted by Gasteiger charge is 2.36. The predicted octanol–water partition coefficient (Wildman–Crippen LogP) is 3.03. The summed E-state index contributed by atoms with van der Waals surface area (Å²) in [6.07, 6.45) is 1.52. The lowest BCUT2D eigenvalue weighted by Gasteiger charge is -2.12. The van der Waals surface area contributed by atoms with Gasteiger partial charge in [0, 0.05) is 0 Å². The number of hydrogen-bond acceptors (Lipinski definition) is 7. The summed E-state index contributed by atoms with van der Waals surface area (Å²) in [5, 5.41) is 9.20. The SMILES string of the molecule is CCOc1cc(/C=C2/SC(=O)N(CC(=O)OCC(C)C)C2=O)ccc1O. The van der Waals surface area contributed by atoms with Crippen molar-refractivity contribution in [3.8, 4) is 11.5 Å². The van der Waals surface area contributed by atoms with Gasteiger partial charge in [-0.1, -0.05) is 19.9 Å². The van der Waals surface area contributed by atoms with Crippen molar-refractivity contribution in [2.75, 3.05) is 19.8 Å².